The van der Waals surface area contributed by atoms with E-state index >= 15 is 0 Å². The lowest BCUT2D eigenvalue weighted by atomic mass is 9.91. The zero-order valence-corrected chi connectivity index (χ0v) is 11.7. The van der Waals surface area contributed by atoms with Crippen LogP contribution < -0.4 is 5.73 Å². The number of rotatable bonds is 4. The van der Waals surface area contributed by atoms with E-state index in [1.165, 1.54) is 12.8 Å². The molecule has 2 aromatic rings. The van der Waals surface area contributed by atoms with E-state index in [0.29, 0.717) is 42.6 Å². The van der Waals surface area contributed by atoms with Gasteiger partial charge in [-0.2, -0.15) is 0 Å². The molecule has 3 rings (SSSR count). The Bertz CT molecular complexity index is 537. The third-order valence-corrected chi connectivity index (χ3v) is 4.01. The summed E-state index contributed by atoms with van der Waals surface area (Å²) >= 11 is 0. The van der Waals surface area contributed by atoms with Crippen molar-refractivity contribution >= 4 is 0 Å². The third-order valence-electron chi connectivity index (χ3n) is 4.01. The van der Waals surface area contributed by atoms with Gasteiger partial charge in [-0.3, -0.25) is 4.90 Å². The van der Waals surface area contributed by atoms with Gasteiger partial charge in [0, 0.05) is 12.6 Å². The molecule has 0 spiro atoms. The van der Waals surface area contributed by atoms with Gasteiger partial charge >= 0.3 is 0 Å². The van der Waals surface area contributed by atoms with Crippen molar-refractivity contribution in [2.45, 2.75) is 32.4 Å². The summed E-state index contributed by atoms with van der Waals surface area (Å²) in [4.78, 5) is 2.34. The summed E-state index contributed by atoms with van der Waals surface area (Å²) in [5.41, 5.74) is 5.90. The van der Waals surface area contributed by atoms with E-state index in [1.807, 2.05) is 6.07 Å². The van der Waals surface area contributed by atoms with Crippen molar-refractivity contribution < 1.29 is 8.83 Å². The molecule has 2 N–H and O–H groups in total. The van der Waals surface area contributed by atoms with E-state index in [9.17, 15) is 0 Å². The van der Waals surface area contributed by atoms with Crippen LogP contribution in [0, 0.1) is 5.92 Å². The fourth-order valence-electron chi connectivity index (χ4n) is 2.90. The van der Waals surface area contributed by atoms with E-state index in [2.05, 4.69) is 22.0 Å². The van der Waals surface area contributed by atoms with Crippen molar-refractivity contribution in [2.24, 2.45) is 11.7 Å². The SMILES string of the molecule is CC1CCCN(Cc2nnc(-c3ccco3)o2)C1CN. The highest BCUT2D eigenvalue weighted by atomic mass is 16.4. The second kappa shape index (κ2) is 5.76. The molecule has 2 atom stereocenters. The number of likely N-dealkylation sites (tertiary alicyclic amines) is 1. The molecule has 0 radical (unpaired) electrons. The fraction of sp³-hybridized carbons (Fsp3) is 0.571. The molecule has 3 heterocycles. The van der Waals surface area contributed by atoms with Crippen LogP contribution in [0.1, 0.15) is 25.7 Å². The van der Waals surface area contributed by atoms with E-state index < -0.39 is 0 Å². The lowest BCUT2D eigenvalue weighted by Gasteiger charge is -2.38. The quantitative estimate of drug-likeness (QED) is 0.918. The average Bonchev–Trinajstić information content (AvgIpc) is 3.09. The van der Waals surface area contributed by atoms with Crippen LogP contribution in [0.4, 0.5) is 0 Å². The van der Waals surface area contributed by atoms with Crippen molar-refractivity contribution in [1.82, 2.24) is 15.1 Å². The third kappa shape index (κ3) is 2.62. The molecule has 6 heteroatoms. The minimum atomic E-state index is 0.391. The van der Waals surface area contributed by atoms with Crippen LogP contribution in [-0.4, -0.2) is 34.2 Å². The van der Waals surface area contributed by atoms with Crippen LogP contribution in [0.15, 0.2) is 27.2 Å². The molecular formula is C14H20N4O2. The molecule has 0 aliphatic carbocycles. The van der Waals surface area contributed by atoms with Crippen molar-refractivity contribution in [3.05, 3.63) is 24.3 Å². The van der Waals surface area contributed by atoms with Crippen molar-refractivity contribution in [3.8, 4) is 11.7 Å². The van der Waals surface area contributed by atoms with Gasteiger partial charge in [-0.1, -0.05) is 6.92 Å². The second-order valence-corrected chi connectivity index (χ2v) is 5.37. The van der Waals surface area contributed by atoms with Crippen molar-refractivity contribution in [2.75, 3.05) is 13.1 Å². The van der Waals surface area contributed by atoms with Crippen LogP contribution in [0.2, 0.25) is 0 Å². The zero-order chi connectivity index (χ0) is 13.9. The van der Waals surface area contributed by atoms with Gasteiger partial charge in [-0.05, 0) is 37.4 Å². The monoisotopic (exact) mass is 276 g/mol. The summed E-state index contributed by atoms with van der Waals surface area (Å²) in [5, 5.41) is 8.13. The smallest absolute Gasteiger partial charge is 0.283 e. The lowest BCUT2D eigenvalue weighted by Crippen LogP contribution is -2.48. The predicted molar refractivity (Wildman–Crippen MR) is 73.7 cm³/mol. The average molecular weight is 276 g/mol. The summed E-state index contributed by atoms with van der Waals surface area (Å²) in [5.74, 6) is 2.26. The maximum absolute atomic E-state index is 5.90. The molecule has 20 heavy (non-hydrogen) atoms. The Balaban J connectivity index is 1.71. The Morgan fingerprint density at radius 3 is 3.10 bits per heavy atom. The molecule has 0 saturated carbocycles. The molecule has 2 unspecified atom stereocenters. The van der Waals surface area contributed by atoms with E-state index in [1.54, 1.807) is 12.3 Å². The number of furan rings is 1. The molecule has 1 aliphatic heterocycles. The summed E-state index contributed by atoms with van der Waals surface area (Å²) in [7, 11) is 0. The number of piperidine rings is 1. The number of nitrogens with zero attached hydrogens (tertiary/aromatic N) is 3. The first-order valence-corrected chi connectivity index (χ1v) is 7.08. The van der Waals surface area contributed by atoms with Gasteiger partial charge in [0.1, 0.15) is 0 Å². The van der Waals surface area contributed by atoms with E-state index in [0.717, 1.165) is 6.54 Å². The summed E-state index contributed by atoms with van der Waals surface area (Å²) in [6.07, 6.45) is 4.02. The molecule has 0 aromatic carbocycles. The summed E-state index contributed by atoms with van der Waals surface area (Å²) < 4.78 is 10.9. The van der Waals surface area contributed by atoms with Crippen LogP contribution in [0.25, 0.3) is 11.7 Å². The standard InChI is InChI=1S/C14H20N4O2/c1-10-4-2-6-18(11(10)8-15)9-13-16-17-14(20-13)12-5-3-7-19-12/h3,5,7,10-11H,2,4,6,8-9,15H2,1H3. The van der Waals surface area contributed by atoms with Gasteiger partial charge in [0.05, 0.1) is 12.8 Å². The Hall–Kier alpha value is -1.66. The van der Waals surface area contributed by atoms with Gasteiger partial charge < -0.3 is 14.6 Å². The number of nitrogens with two attached hydrogens (primary N) is 1. The Morgan fingerprint density at radius 2 is 2.35 bits per heavy atom. The number of aromatic nitrogens is 2. The highest BCUT2D eigenvalue weighted by Gasteiger charge is 2.28. The van der Waals surface area contributed by atoms with Gasteiger partial charge in [0.15, 0.2) is 5.76 Å². The minimum absolute atomic E-state index is 0.391. The minimum Gasteiger partial charge on any atom is -0.459 e. The van der Waals surface area contributed by atoms with Gasteiger partial charge in [0.2, 0.25) is 5.89 Å². The fourth-order valence-corrected chi connectivity index (χ4v) is 2.90. The molecule has 108 valence electrons. The van der Waals surface area contributed by atoms with Crippen LogP contribution in [0.3, 0.4) is 0 Å². The Kier molecular flexibility index (Phi) is 3.84. The highest BCUT2D eigenvalue weighted by Crippen LogP contribution is 2.25. The maximum Gasteiger partial charge on any atom is 0.283 e. The largest absolute Gasteiger partial charge is 0.459 e. The molecule has 1 aliphatic rings. The lowest BCUT2D eigenvalue weighted by molar-refractivity contribution is 0.0900. The molecule has 1 fully saturated rings. The summed E-state index contributed by atoms with van der Waals surface area (Å²) in [6, 6.07) is 4.00. The first kappa shape index (κ1) is 13.3. The number of hydrogen-bond acceptors (Lipinski definition) is 6. The molecule has 6 nitrogen and oxygen atoms in total. The van der Waals surface area contributed by atoms with Crippen molar-refractivity contribution in [1.29, 1.82) is 0 Å². The van der Waals surface area contributed by atoms with E-state index in [4.69, 9.17) is 14.6 Å². The molecule has 0 amide bonds. The molecular weight excluding hydrogens is 256 g/mol. The van der Waals surface area contributed by atoms with Crippen LogP contribution in [0.5, 0.6) is 0 Å². The first-order valence-electron chi connectivity index (χ1n) is 7.08. The predicted octanol–water partition coefficient (Wildman–Crippen LogP) is 1.89. The zero-order valence-electron chi connectivity index (χ0n) is 11.7. The highest BCUT2D eigenvalue weighted by molar-refractivity contribution is 5.42. The topological polar surface area (TPSA) is 81.3 Å². The normalized spacial score (nSPS) is 24.1. The maximum atomic E-state index is 5.90. The van der Waals surface area contributed by atoms with Crippen LogP contribution in [-0.2, 0) is 6.54 Å². The summed E-state index contributed by atoms with van der Waals surface area (Å²) in [6.45, 7) is 4.61. The molecule has 2 aromatic heterocycles. The first-order chi connectivity index (χ1) is 9.78. The van der Waals surface area contributed by atoms with Crippen LogP contribution >= 0.6 is 0 Å². The Morgan fingerprint density at radius 1 is 1.45 bits per heavy atom. The Labute approximate surface area is 117 Å². The number of hydrogen-bond donors (Lipinski definition) is 1. The second-order valence-electron chi connectivity index (χ2n) is 5.37. The van der Waals surface area contributed by atoms with Gasteiger partial charge in [-0.15, -0.1) is 10.2 Å². The van der Waals surface area contributed by atoms with Crippen molar-refractivity contribution in [3.63, 3.8) is 0 Å². The molecule has 1 saturated heterocycles. The van der Waals surface area contributed by atoms with Gasteiger partial charge in [0.25, 0.3) is 5.89 Å². The van der Waals surface area contributed by atoms with E-state index in [-0.39, 0.29) is 0 Å². The van der Waals surface area contributed by atoms with Gasteiger partial charge in [-0.25, -0.2) is 0 Å². The molecule has 0 bridgehead atoms.